The molecule has 1 aromatic carbocycles. The Labute approximate surface area is 157 Å². The monoisotopic (exact) mass is 368 g/mol. The third kappa shape index (κ3) is 3.34. The summed E-state index contributed by atoms with van der Waals surface area (Å²) in [5.74, 6) is -0.145. The standard InChI is InChI=1S/C21H21ClN2O2/c22-18-11-14(7-8-16(18)21(25)26)17(10-13-4-1-2-5-13)19-12-15-6-3-9-23-20(15)24-19/h3,6-9,11-13,17H,1-2,4-5,10H2,(H,23,24)(H,25,26). The van der Waals surface area contributed by atoms with Crippen molar-refractivity contribution >= 4 is 28.6 Å². The highest BCUT2D eigenvalue weighted by Crippen LogP contribution is 2.39. The molecule has 0 saturated heterocycles. The molecule has 0 aliphatic heterocycles. The molecule has 1 aliphatic carbocycles. The van der Waals surface area contributed by atoms with Crippen LogP contribution >= 0.6 is 11.6 Å². The molecule has 0 radical (unpaired) electrons. The number of rotatable bonds is 5. The number of benzene rings is 1. The lowest BCUT2D eigenvalue weighted by Gasteiger charge is -2.21. The van der Waals surface area contributed by atoms with E-state index in [1.54, 1.807) is 12.3 Å². The number of pyridine rings is 1. The van der Waals surface area contributed by atoms with Crippen molar-refractivity contribution in [2.75, 3.05) is 0 Å². The molecule has 4 rings (SSSR count). The van der Waals surface area contributed by atoms with E-state index < -0.39 is 5.97 Å². The second kappa shape index (κ2) is 7.12. The van der Waals surface area contributed by atoms with Crippen molar-refractivity contribution in [3.05, 3.63) is 64.4 Å². The van der Waals surface area contributed by atoms with Gasteiger partial charge in [0.2, 0.25) is 0 Å². The molecule has 5 heteroatoms. The van der Waals surface area contributed by atoms with Gasteiger partial charge in [0.25, 0.3) is 0 Å². The van der Waals surface area contributed by atoms with E-state index in [9.17, 15) is 9.90 Å². The number of hydrogen-bond acceptors (Lipinski definition) is 2. The summed E-state index contributed by atoms with van der Waals surface area (Å²) < 4.78 is 0. The molecule has 2 N–H and O–H groups in total. The van der Waals surface area contributed by atoms with Crippen molar-refractivity contribution in [1.29, 1.82) is 0 Å². The van der Waals surface area contributed by atoms with Crippen molar-refractivity contribution in [2.45, 2.75) is 38.0 Å². The van der Waals surface area contributed by atoms with Gasteiger partial charge in [-0.15, -0.1) is 0 Å². The minimum atomic E-state index is -0.997. The number of carbonyl (C=O) groups is 1. The van der Waals surface area contributed by atoms with Gasteiger partial charge in [-0.2, -0.15) is 0 Å². The van der Waals surface area contributed by atoms with Gasteiger partial charge in [-0.3, -0.25) is 0 Å². The Balaban J connectivity index is 1.74. The van der Waals surface area contributed by atoms with Crippen molar-refractivity contribution < 1.29 is 9.90 Å². The van der Waals surface area contributed by atoms with E-state index in [1.165, 1.54) is 25.7 Å². The molecule has 0 amide bonds. The second-order valence-corrected chi connectivity index (χ2v) is 7.56. The van der Waals surface area contributed by atoms with Crippen LogP contribution < -0.4 is 0 Å². The molecule has 26 heavy (non-hydrogen) atoms. The van der Waals surface area contributed by atoms with Crippen molar-refractivity contribution in [3.8, 4) is 0 Å². The summed E-state index contributed by atoms with van der Waals surface area (Å²) in [6.07, 6.45) is 7.93. The Morgan fingerprint density at radius 1 is 1.27 bits per heavy atom. The summed E-state index contributed by atoms with van der Waals surface area (Å²) in [6.45, 7) is 0. The first-order valence-electron chi connectivity index (χ1n) is 9.08. The van der Waals surface area contributed by atoms with Crippen LogP contribution in [-0.4, -0.2) is 21.0 Å². The Kier molecular flexibility index (Phi) is 4.68. The van der Waals surface area contributed by atoms with E-state index in [-0.39, 0.29) is 11.5 Å². The van der Waals surface area contributed by atoms with E-state index in [4.69, 9.17) is 11.6 Å². The van der Waals surface area contributed by atoms with Gasteiger partial charge in [0.05, 0.1) is 10.6 Å². The summed E-state index contributed by atoms with van der Waals surface area (Å²) >= 11 is 6.25. The van der Waals surface area contributed by atoms with E-state index >= 15 is 0 Å². The normalized spacial score (nSPS) is 16.2. The highest BCUT2D eigenvalue weighted by atomic mass is 35.5. The average molecular weight is 369 g/mol. The Morgan fingerprint density at radius 2 is 2.08 bits per heavy atom. The summed E-state index contributed by atoms with van der Waals surface area (Å²) in [4.78, 5) is 19.1. The fourth-order valence-electron chi connectivity index (χ4n) is 4.11. The summed E-state index contributed by atoms with van der Waals surface area (Å²) in [5, 5.41) is 10.6. The Hall–Kier alpha value is -2.33. The summed E-state index contributed by atoms with van der Waals surface area (Å²) in [6, 6.07) is 11.5. The van der Waals surface area contributed by atoms with Crippen LogP contribution in [-0.2, 0) is 0 Å². The SMILES string of the molecule is O=C(O)c1ccc(C(CC2CCCC2)c2cc3cccnc3[nH]2)cc1Cl. The zero-order valence-electron chi connectivity index (χ0n) is 14.4. The van der Waals surface area contributed by atoms with Crippen LogP contribution in [0.1, 0.15) is 59.6 Å². The van der Waals surface area contributed by atoms with E-state index in [0.29, 0.717) is 10.9 Å². The van der Waals surface area contributed by atoms with Crippen molar-refractivity contribution in [1.82, 2.24) is 9.97 Å². The van der Waals surface area contributed by atoms with Crippen LogP contribution in [0.15, 0.2) is 42.6 Å². The molecule has 0 spiro atoms. The van der Waals surface area contributed by atoms with E-state index in [2.05, 4.69) is 22.1 Å². The van der Waals surface area contributed by atoms with E-state index in [1.807, 2.05) is 18.2 Å². The molecule has 1 aliphatic rings. The van der Waals surface area contributed by atoms with Gasteiger partial charge >= 0.3 is 5.97 Å². The third-order valence-electron chi connectivity index (χ3n) is 5.46. The van der Waals surface area contributed by atoms with Gasteiger partial charge < -0.3 is 10.1 Å². The lowest BCUT2D eigenvalue weighted by Crippen LogP contribution is -2.08. The number of fused-ring (bicyclic) bond motifs is 1. The van der Waals surface area contributed by atoms with Crippen LogP contribution in [0, 0.1) is 5.92 Å². The quantitative estimate of drug-likeness (QED) is 0.613. The third-order valence-corrected chi connectivity index (χ3v) is 5.77. The molecule has 1 saturated carbocycles. The zero-order chi connectivity index (χ0) is 18.1. The molecule has 1 fully saturated rings. The molecule has 3 aromatic rings. The molecule has 2 aromatic heterocycles. The van der Waals surface area contributed by atoms with Crippen LogP contribution in [0.3, 0.4) is 0 Å². The first-order chi connectivity index (χ1) is 12.6. The predicted octanol–water partition coefficient (Wildman–Crippen LogP) is 5.63. The number of aromatic amines is 1. The van der Waals surface area contributed by atoms with Gasteiger partial charge in [0, 0.05) is 23.2 Å². The molecular weight excluding hydrogens is 348 g/mol. The molecular formula is C21H21ClN2O2. The number of carboxylic acids is 1. The van der Waals surface area contributed by atoms with Crippen molar-refractivity contribution in [2.24, 2.45) is 5.92 Å². The predicted molar refractivity (Wildman–Crippen MR) is 103 cm³/mol. The second-order valence-electron chi connectivity index (χ2n) is 7.15. The average Bonchev–Trinajstić information content (AvgIpc) is 3.28. The molecule has 0 bridgehead atoms. The van der Waals surface area contributed by atoms with Crippen LogP contribution in [0.5, 0.6) is 0 Å². The highest BCUT2D eigenvalue weighted by molar-refractivity contribution is 6.33. The lowest BCUT2D eigenvalue weighted by molar-refractivity contribution is 0.0697. The number of nitrogens with one attached hydrogen (secondary N) is 1. The smallest absolute Gasteiger partial charge is 0.337 e. The highest BCUT2D eigenvalue weighted by Gasteiger charge is 2.25. The molecule has 1 unspecified atom stereocenters. The molecule has 2 heterocycles. The fraction of sp³-hybridized carbons (Fsp3) is 0.333. The summed E-state index contributed by atoms with van der Waals surface area (Å²) in [7, 11) is 0. The first-order valence-corrected chi connectivity index (χ1v) is 9.46. The number of H-pyrrole nitrogens is 1. The lowest BCUT2D eigenvalue weighted by atomic mass is 9.85. The molecule has 4 nitrogen and oxygen atoms in total. The van der Waals surface area contributed by atoms with E-state index in [0.717, 1.165) is 28.7 Å². The number of nitrogens with zero attached hydrogens (tertiary/aromatic N) is 1. The van der Waals surface area contributed by atoms with Gasteiger partial charge in [-0.05, 0) is 48.2 Å². The minimum Gasteiger partial charge on any atom is -0.478 e. The number of aromatic nitrogens is 2. The van der Waals surface area contributed by atoms with Gasteiger partial charge in [0.15, 0.2) is 0 Å². The van der Waals surface area contributed by atoms with Crippen molar-refractivity contribution in [3.63, 3.8) is 0 Å². The largest absolute Gasteiger partial charge is 0.478 e. The van der Waals surface area contributed by atoms with Gasteiger partial charge in [-0.25, -0.2) is 9.78 Å². The number of carboxylic acid groups (broad SMARTS) is 1. The first kappa shape index (κ1) is 17.1. The topological polar surface area (TPSA) is 66.0 Å². The molecule has 1 atom stereocenters. The maximum absolute atomic E-state index is 11.3. The zero-order valence-corrected chi connectivity index (χ0v) is 15.2. The maximum Gasteiger partial charge on any atom is 0.337 e. The fourth-order valence-corrected chi connectivity index (χ4v) is 4.38. The Morgan fingerprint density at radius 3 is 2.77 bits per heavy atom. The van der Waals surface area contributed by atoms with Crippen LogP contribution in [0.4, 0.5) is 0 Å². The number of halogens is 1. The number of aromatic carboxylic acids is 1. The number of hydrogen-bond donors (Lipinski definition) is 2. The summed E-state index contributed by atoms with van der Waals surface area (Å²) in [5.41, 5.74) is 3.20. The minimum absolute atomic E-state index is 0.147. The molecule has 134 valence electrons. The Bertz CT molecular complexity index is 911. The van der Waals surface area contributed by atoms with Crippen LogP contribution in [0.2, 0.25) is 5.02 Å². The van der Waals surface area contributed by atoms with Gasteiger partial charge in [0.1, 0.15) is 5.65 Å². The van der Waals surface area contributed by atoms with Gasteiger partial charge in [-0.1, -0.05) is 43.4 Å². The van der Waals surface area contributed by atoms with Crippen LogP contribution in [0.25, 0.3) is 11.0 Å². The maximum atomic E-state index is 11.3.